The van der Waals surface area contributed by atoms with Crippen LogP contribution in [0.25, 0.3) is 0 Å². The molecular formula is C18H23N3O2S. The summed E-state index contributed by atoms with van der Waals surface area (Å²) in [5, 5.41) is 18.3. The number of aromatic nitrogens is 3. The molecule has 1 saturated carbocycles. The average molecular weight is 345 g/mol. The van der Waals surface area contributed by atoms with Crippen molar-refractivity contribution in [2.24, 2.45) is 0 Å². The van der Waals surface area contributed by atoms with Crippen molar-refractivity contribution in [1.29, 1.82) is 0 Å². The maximum absolute atomic E-state index is 12.8. The molecule has 1 aliphatic carbocycles. The van der Waals surface area contributed by atoms with Crippen molar-refractivity contribution < 1.29 is 9.90 Å². The highest BCUT2D eigenvalue weighted by Crippen LogP contribution is 2.39. The lowest BCUT2D eigenvalue weighted by Gasteiger charge is -2.14. The second kappa shape index (κ2) is 6.69. The first-order valence-electron chi connectivity index (χ1n) is 8.22. The fourth-order valence-corrected chi connectivity index (χ4v) is 3.95. The molecule has 2 aromatic rings. The number of hydrogen-bond acceptors (Lipinski definition) is 5. The fourth-order valence-electron chi connectivity index (χ4n) is 3.05. The van der Waals surface area contributed by atoms with Gasteiger partial charge in [0.2, 0.25) is 0 Å². The molecule has 1 N–H and O–H groups in total. The van der Waals surface area contributed by atoms with E-state index in [4.69, 9.17) is 0 Å². The zero-order valence-electron chi connectivity index (χ0n) is 14.6. The number of hydrogen-bond donors (Lipinski definition) is 1. The van der Waals surface area contributed by atoms with Gasteiger partial charge in [-0.05, 0) is 62.8 Å². The highest BCUT2D eigenvalue weighted by atomic mass is 32.2. The van der Waals surface area contributed by atoms with E-state index in [1.54, 1.807) is 0 Å². The van der Waals surface area contributed by atoms with Gasteiger partial charge in [0.05, 0.1) is 5.75 Å². The minimum Gasteiger partial charge on any atom is -0.388 e. The number of thioether (sulfide) groups is 1. The molecular weight excluding hydrogens is 322 g/mol. The van der Waals surface area contributed by atoms with Gasteiger partial charge >= 0.3 is 0 Å². The molecule has 24 heavy (non-hydrogen) atoms. The molecule has 1 aromatic heterocycles. The Labute approximate surface area is 146 Å². The van der Waals surface area contributed by atoms with Crippen molar-refractivity contribution >= 4 is 17.5 Å². The summed E-state index contributed by atoms with van der Waals surface area (Å²) in [5.41, 5.74) is 5.25. The van der Waals surface area contributed by atoms with E-state index >= 15 is 0 Å². The van der Waals surface area contributed by atoms with Crippen molar-refractivity contribution in [3.63, 3.8) is 0 Å². The Balaban J connectivity index is 1.81. The van der Waals surface area contributed by atoms with E-state index in [9.17, 15) is 9.90 Å². The van der Waals surface area contributed by atoms with Gasteiger partial charge in [0.1, 0.15) is 6.61 Å². The van der Waals surface area contributed by atoms with E-state index < -0.39 is 0 Å². The van der Waals surface area contributed by atoms with Gasteiger partial charge in [0, 0.05) is 11.6 Å². The Kier molecular flexibility index (Phi) is 4.78. The van der Waals surface area contributed by atoms with E-state index in [1.807, 2.05) is 32.3 Å². The van der Waals surface area contributed by atoms with Crippen molar-refractivity contribution in [3.8, 4) is 0 Å². The second-order valence-electron chi connectivity index (χ2n) is 6.51. The van der Waals surface area contributed by atoms with Crippen LogP contribution in [0.4, 0.5) is 0 Å². The Morgan fingerprint density at radius 2 is 1.83 bits per heavy atom. The van der Waals surface area contributed by atoms with Crippen LogP contribution in [0.5, 0.6) is 0 Å². The molecule has 1 aliphatic rings. The smallest absolute Gasteiger partial charge is 0.191 e. The minimum atomic E-state index is -0.118. The van der Waals surface area contributed by atoms with Crippen LogP contribution >= 0.6 is 11.8 Å². The normalized spacial score (nSPS) is 14.2. The predicted molar refractivity (Wildman–Crippen MR) is 94.7 cm³/mol. The van der Waals surface area contributed by atoms with Gasteiger partial charge in [-0.25, -0.2) is 0 Å². The first kappa shape index (κ1) is 17.2. The van der Waals surface area contributed by atoms with Gasteiger partial charge in [-0.15, -0.1) is 10.2 Å². The molecule has 1 aromatic carbocycles. The van der Waals surface area contributed by atoms with E-state index in [0.29, 0.717) is 17.6 Å². The van der Waals surface area contributed by atoms with Crippen molar-refractivity contribution in [2.45, 2.75) is 58.3 Å². The van der Waals surface area contributed by atoms with Crippen molar-refractivity contribution in [3.05, 3.63) is 39.7 Å². The zero-order valence-corrected chi connectivity index (χ0v) is 15.4. The number of aliphatic hydroxyl groups excluding tert-OH is 1. The van der Waals surface area contributed by atoms with E-state index in [-0.39, 0.29) is 12.4 Å². The number of carbonyl (C=O) groups is 1. The molecule has 0 atom stereocenters. The van der Waals surface area contributed by atoms with Crippen LogP contribution in [-0.4, -0.2) is 31.4 Å². The van der Waals surface area contributed by atoms with Gasteiger partial charge in [0.15, 0.2) is 16.8 Å². The SMILES string of the molecule is Cc1cc(C)c(C)c(C(=O)CSc2nnc(CO)n2C2CC2)c1C. The number of carbonyl (C=O) groups excluding carboxylic acids is 1. The number of rotatable bonds is 6. The molecule has 128 valence electrons. The number of Topliss-reactive ketones (excluding diaryl/α,β-unsaturated/α-hetero) is 1. The summed E-state index contributed by atoms with van der Waals surface area (Å²) in [5.74, 6) is 1.05. The predicted octanol–water partition coefficient (Wildman–Crippen LogP) is 3.31. The third kappa shape index (κ3) is 3.13. The molecule has 0 unspecified atom stereocenters. The third-order valence-electron chi connectivity index (χ3n) is 4.77. The molecule has 0 amide bonds. The molecule has 0 spiro atoms. The Morgan fingerprint density at radius 1 is 1.21 bits per heavy atom. The summed E-state index contributed by atoms with van der Waals surface area (Å²) in [4.78, 5) is 12.8. The molecule has 1 fully saturated rings. The highest BCUT2D eigenvalue weighted by Gasteiger charge is 2.29. The molecule has 0 saturated heterocycles. The monoisotopic (exact) mass is 345 g/mol. The largest absolute Gasteiger partial charge is 0.388 e. The first-order valence-corrected chi connectivity index (χ1v) is 9.20. The second-order valence-corrected chi connectivity index (χ2v) is 7.45. The Morgan fingerprint density at radius 3 is 2.38 bits per heavy atom. The summed E-state index contributed by atoms with van der Waals surface area (Å²) < 4.78 is 1.99. The molecule has 0 aliphatic heterocycles. The molecule has 0 radical (unpaired) electrons. The maximum Gasteiger partial charge on any atom is 0.191 e. The van der Waals surface area contributed by atoms with Crippen LogP contribution in [0, 0.1) is 27.7 Å². The Hall–Kier alpha value is -1.66. The lowest BCUT2D eigenvalue weighted by molar-refractivity contribution is 0.102. The lowest BCUT2D eigenvalue weighted by atomic mass is 9.92. The Bertz CT molecular complexity index is 768. The molecule has 1 heterocycles. The number of aryl methyl sites for hydroxylation is 2. The molecule has 6 heteroatoms. The van der Waals surface area contributed by atoms with E-state index in [2.05, 4.69) is 16.3 Å². The van der Waals surface area contributed by atoms with Crippen LogP contribution in [0.1, 0.15) is 57.3 Å². The zero-order chi connectivity index (χ0) is 17.4. The minimum absolute atomic E-state index is 0.118. The maximum atomic E-state index is 12.8. The average Bonchev–Trinajstić information content (AvgIpc) is 3.31. The molecule has 3 rings (SSSR count). The van der Waals surface area contributed by atoms with Gasteiger partial charge in [0.25, 0.3) is 0 Å². The third-order valence-corrected chi connectivity index (χ3v) is 5.71. The number of benzene rings is 1. The van der Waals surface area contributed by atoms with E-state index in [0.717, 1.165) is 45.8 Å². The quantitative estimate of drug-likeness (QED) is 0.642. The molecule has 0 bridgehead atoms. The van der Waals surface area contributed by atoms with E-state index in [1.165, 1.54) is 11.8 Å². The summed E-state index contributed by atoms with van der Waals surface area (Å²) in [6, 6.07) is 2.51. The number of aliphatic hydroxyl groups is 1. The van der Waals surface area contributed by atoms with Crippen molar-refractivity contribution in [2.75, 3.05) is 5.75 Å². The number of ketones is 1. The van der Waals surface area contributed by atoms with Gasteiger partial charge in [-0.3, -0.25) is 4.79 Å². The summed E-state index contributed by atoms with van der Waals surface area (Å²) >= 11 is 1.41. The summed E-state index contributed by atoms with van der Waals surface area (Å²) in [6.45, 7) is 7.99. The molecule has 5 nitrogen and oxygen atoms in total. The van der Waals surface area contributed by atoms with Crippen LogP contribution in [0.15, 0.2) is 11.2 Å². The van der Waals surface area contributed by atoms with Crippen LogP contribution < -0.4 is 0 Å². The summed E-state index contributed by atoms with van der Waals surface area (Å²) in [6.07, 6.45) is 2.17. The topological polar surface area (TPSA) is 68.0 Å². The number of nitrogens with zero attached hydrogens (tertiary/aromatic N) is 3. The van der Waals surface area contributed by atoms with Gasteiger partial charge in [-0.1, -0.05) is 17.8 Å². The van der Waals surface area contributed by atoms with Crippen LogP contribution in [0.3, 0.4) is 0 Å². The van der Waals surface area contributed by atoms with Crippen LogP contribution in [0.2, 0.25) is 0 Å². The summed E-state index contributed by atoms with van der Waals surface area (Å²) in [7, 11) is 0. The van der Waals surface area contributed by atoms with Crippen LogP contribution in [-0.2, 0) is 6.61 Å². The fraction of sp³-hybridized carbons (Fsp3) is 0.500. The lowest BCUT2D eigenvalue weighted by Crippen LogP contribution is -2.11. The standard InChI is InChI=1S/C18H23N3O2S/c1-10-7-11(2)13(4)17(12(10)3)15(23)9-24-18-20-19-16(8-22)21(18)14-5-6-14/h7,14,22H,5-6,8-9H2,1-4H3. The van der Waals surface area contributed by atoms with Gasteiger partial charge in [-0.2, -0.15) is 0 Å². The highest BCUT2D eigenvalue weighted by molar-refractivity contribution is 7.99. The van der Waals surface area contributed by atoms with Crippen molar-refractivity contribution in [1.82, 2.24) is 14.8 Å². The first-order chi connectivity index (χ1) is 11.4. The van der Waals surface area contributed by atoms with Gasteiger partial charge < -0.3 is 9.67 Å².